The van der Waals surface area contributed by atoms with E-state index in [1.54, 1.807) is 6.07 Å². The lowest BCUT2D eigenvalue weighted by molar-refractivity contribution is -0.137. The summed E-state index contributed by atoms with van der Waals surface area (Å²) in [6.45, 7) is 3.55. The van der Waals surface area contributed by atoms with Gasteiger partial charge in [0, 0.05) is 45.1 Å². The third-order valence-corrected chi connectivity index (χ3v) is 8.52. The molecule has 5 nitrogen and oxygen atoms in total. The molecule has 1 unspecified atom stereocenters. The number of carbonyl (C=O) groups is 1. The molecule has 0 radical (unpaired) electrons. The van der Waals surface area contributed by atoms with Gasteiger partial charge in [0.25, 0.3) is 0 Å². The van der Waals surface area contributed by atoms with E-state index in [1.807, 2.05) is 60.7 Å². The zero-order chi connectivity index (χ0) is 32.4. The lowest BCUT2D eigenvalue weighted by atomic mass is 9.90. The number of hydrogen-bond donors (Lipinski definition) is 1. The molecule has 0 bridgehead atoms. The monoisotopic (exact) mass is 650 g/mol. The first-order valence-corrected chi connectivity index (χ1v) is 15.9. The maximum atomic E-state index is 13.7. The average Bonchev–Trinajstić information content (AvgIpc) is 3.07. The van der Waals surface area contributed by atoms with E-state index in [-0.39, 0.29) is 29.7 Å². The minimum atomic E-state index is -4.54. The fourth-order valence-electron chi connectivity index (χ4n) is 5.74. The van der Waals surface area contributed by atoms with Gasteiger partial charge in [-0.3, -0.25) is 9.69 Å². The summed E-state index contributed by atoms with van der Waals surface area (Å²) in [5, 5.41) is 2.91. The van der Waals surface area contributed by atoms with Crippen molar-refractivity contribution >= 4 is 17.4 Å². The molecule has 242 valence electrons. The van der Waals surface area contributed by atoms with Gasteiger partial charge in [-0.15, -0.1) is 0 Å². The van der Waals surface area contributed by atoms with Gasteiger partial charge in [-0.25, -0.2) is 0 Å². The second-order valence-corrected chi connectivity index (χ2v) is 11.8. The number of ketones is 1. The Bertz CT molecular complexity index is 1510. The summed E-state index contributed by atoms with van der Waals surface area (Å²) >= 11 is 6.34. The SMILES string of the molecule is O=C(Cc1cccc(OCCCN(Cc2cccc(C(F)(F)F)c2Cl)CC(c2ccccc2)c2ccccc2)c1)C1CNCCO1. The first-order valence-electron chi connectivity index (χ1n) is 15.5. The van der Waals surface area contributed by atoms with Crippen molar-refractivity contribution in [1.29, 1.82) is 0 Å². The lowest BCUT2D eigenvalue weighted by Gasteiger charge is -2.29. The molecule has 0 aromatic heterocycles. The zero-order valence-electron chi connectivity index (χ0n) is 25.5. The molecule has 4 aromatic carbocycles. The molecule has 4 aromatic rings. The van der Waals surface area contributed by atoms with Crippen LogP contribution >= 0.6 is 11.6 Å². The Morgan fingerprint density at radius 3 is 2.30 bits per heavy atom. The number of hydrogen-bond acceptors (Lipinski definition) is 5. The number of nitrogens with one attached hydrogen (secondary N) is 1. The van der Waals surface area contributed by atoms with Gasteiger partial charge in [-0.2, -0.15) is 13.2 Å². The number of Topliss-reactive ketones (excluding diaryl/α,β-unsaturated/α-hetero) is 1. The highest BCUT2D eigenvalue weighted by Crippen LogP contribution is 2.37. The Balaban J connectivity index is 1.29. The van der Waals surface area contributed by atoms with Gasteiger partial charge in [-0.1, -0.05) is 96.5 Å². The number of alkyl halides is 3. The molecule has 0 saturated carbocycles. The number of halogens is 4. The van der Waals surface area contributed by atoms with Gasteiger partial charge < -0.3 is 14.8 Å². The molecule has 1 heterocycles. The Labute approximate surface area is 273 Å². The molecule has 1 fully saturated rings. The number of benzene rings is 4. The summed E-state index contributed by atoms with van der Waals surface area (Å²) in [6, 6.07) is 31.8. The van der Waals surface area contributed by atoms with E-state index in [9.17, 15) is 18.0 Å². The third kappa shape index (κ3) is 9.42. The van der Waals surface area contributed by atoms with Crippen molar-refractivity contribution in [3.8, 4) is 5.75 Å². The van der Waals surface area contributed by atoms with Gasteiger partial charge in [0.2, 0.25) is 0 Å². The van der Waals surface area contributed by atoms with Crippen LogP contribution in [0.2, 0.25) is 5.02 Å². The van der Waals surface area contributed by atoms with Crippen LogP contribution in [0, 0.1) is 0 Å². The molecule has 1 atom stereocenters. The molecule has 1 aliphatic rings. The predicted octanol–water partition coefficient (Wildman–Crippen LogP) is 7.56. The Kier molecular flexibility index (Phi) is 11.9. The van der Waals surface area contributed by atoms with Crippen molar-refractivity contribution in [3.05, 3.63) is 136 Å². The molecule has 0 amide bonds. The third-order valence-electron chi connectivity index (χ3n) is 8.07. The quantitative estimate of drug-likeness (QED) is 0.143. The molecule has 1 N–H and O–H groups in total. The number of ether oxygens (including phenoxy) is 2. The normalized spacial score (nSPS) is 15.3. The van der Waals surface area contributed by atoms with Crippen LogP contribution in [-0.2, 0) is 28.7 Å². The fraction of sp³-hybridized carbons (Fsp3) is 0.324. The van der Waals surface area contributed by atoms with E-state index in [4.69, 9.17) is 21.1 Å². The van der Waals surface area contributed by atoms with Crippen molar-refractivity contribution in [1.82, 2.24) is 10.2 Å². The summed E-state index contributed by atoms with van der Waals surface area (Å²) < 4.78 is 52.7. The van der Waals surface area contributed by atoms with Crippen LogP contribution in [0.3, 0.4) is 0 Å². The number of morpholine rings is 1. The number of carbonyl (C=O) groups excluding carboxylic acids is 1. The molecule has 5 rings (SSSR count). The molecular weight excluding hydrogens is 613 g/mol. The molecule has 9 heteroatoms. The van der Waals surface area contributed by atoms with Crippen molar-refractivity contribution in [3.63, 3.8) is 0 Å². The van der Waals surface area contributed by atoms with Crippen LogP contribution in [0.15, 0.2) is 103 Å². The van der Waals surface area contributed by atoms with Gasteiger partial charge in [0.15, 0.2) is 5.78 Å². The van der Waals surface area contributed by atoms with Crippen molar-refractivity contribution in [2.24, 2.45) is 0 Å². The summed E-state index contributed by atoms with van der Waals surface area (Å²) in [4.78, 5) is 14.8. The molecule has 0 aliphatic carbocycles. The van der Waals surface area contributed by atoms with Gasteiger partial charge in [0.05, 0.1) is 23.8 Å². The predicted molar refractivity (Wildman–Crippen MR) is 174 cm³/mol. The van der Waals surface area contributed by atoms with Crippen LogP contribution in [0.25, 0.3) is 0 Å². The first kappa shape index (κ1) is 33.7. The lowest BCUT2D eigenvalue weighted by Crippen LogP contribution is -2.43. The second-order valence-electron chi connectivity index (χ2n) is 11.4. The van der Waals surface area contributed by atoms with E-state index in [0.29, 0.717) is 50.6 Å². The highest BCUT2D eigenvalue weighted by atomic mass is 35.5. The number of rotatable bonds is 14. The maximum absolute atomic E-state index is 13.7. The van der Waals surface area contributed by atoms with E-state index >= 15 is 0 Å². The average molecular weight is 651 g/mol. The minimum Gasteiger partial charge on any atom is -0.494 e. The Hall–Kier alpha value is -3.69. The van der Waals surface area contributed by atoms with Crippen LogP contribution in [-0.4, -0.2) is 56.2 Å². The van der Waals surface area contributed by atoms with Crippen molar-refractivity contribution in [2.45, 2.75) is 37.6 Å². The maximum Gasteiger partial charge on any atom is 0.417 e. The Morgan fingerprint density at radius 1 is 0.957 bits per heavy atom. The van der Waals surface area contributed by atoms with Crippen LogP contribution < -0.4 is 10.1 Å². The molecule has 1 aliphatic heterocycles. The van der Waals surface area contributed by atoms with E-state index < -0.39 is 17.8 Å². The largest absolute Gasteiger partial charge is 0.494 e. The molecule has 0 spiro atoms. The molecular formula is C37H38ClF3N2O3. The van der Waals surface area contributed by atoms with Crippen LogP contribution in [0.4, 0.5) is 13.2 Å². The van der Waals surface area contributed by atoms with E-state index in [1.165, 1.54) is 6.07 Å². The minimum absolute atomic E-state index is 0.00884. The highest BCUT2D eigenvalue weighted by Gasteiger charge is 2.34. The van der Waals surface area contributed by atoms with E-state index in [0.717, 1.165) is 29.3 Å². The molecule has 46 heavy (non-hydrogen) atoms. The van der Waals surface area contributed by atoms with Crippen LogP contribution in [0.1, 0.15) is 40.2 Å². The second kappa shape index (κ2) is 16.2. The smallest absolute Gasteiger partial charge is 0.417 e. The van der Waals surface area contributed by atoms with Crippen LogP contribution in [0.5, 0.6) is 5.75 Å². The van der Waals surface area contributed by atoms with Gasteiger partial charge >= 0.3 is 6.18 Å². The topological polar surface area (TPSA) is 50.8 Å². The Morgan fingerprint density at radius 2 is 1.65 bits per heavy atom. The van der Waals surface area contributed by atoms with Gasteiger partial charge in [0.1, 0.15) is 11.9 Å². The fourth-order valence-corrected chi connectivity index (χ4v) is 6.03. The summed E-state index contributed by atoms with van der Waals surface area (Å²) in [7, 11) is 0. The van der Waals surface area contributed by atoms with Gasteiger partial charge in [-0.05, 0) is 46.9 Å². The first-order chi connectivity index (χ1) is 22.3. The standard InChI is InChI=1S/C37H38ClF3N2O3/c38-36-30(15-8-17-33(36)37(39,40)41)25-43(26-32(28-11-3-1-4-12-28)29-13-5-2-6-14-29)19-9-20-45-31-16-7-10-27(22-31)23-34(44)35-24-42-18-21-46-35/h1-8,10-17,22,32,35,42H,9,18-21,23-26H2. The molecule has 1 saturated heterocycles. The summed E-state index contributed by atoms with van der Waals surface area (Å²) in [6.07, 6.45) is -4.10. The van der Waals surface area contributed by atoms with E-state index in [2.05, 4.69) is 34.5 Å². The highest BCUT2D eigenvalue weighted by molar-refractivity contribution is 6.32. The summed E-state index contributed by atoms with van der Waals surface area (Å²) in [5.41, 5.74) is 2.68. The van der Waals surface area contributed by atoms with Crippen molar-refractivity contribution in [2.75, 3.05) is 39.4 Å². The summed E-state index contributed by atoms with van der Waals surface area (Å²) in [5.74, 6) is 0.678. The van der Waals surface area contributed by atoms with Crippen molar-refractivity contribution < 1.29 is 27.4 Å². The zero-order valence-corrected chi connectivity index (χ0v) is 26.3. The number of nitrogens with zero attached hydrogens (tertiary/aromatic N) is 1.